The molecule has 0 aromatic heterocycles. The summed E-state index contributed by atoms with van der Waals surface area (Å²) in [6.45, 7) is 13.0. The summed E-state index contributed by atoms with van der Waals surface area (Å²) in [6, 6.07) is -0.142. The minimum atomic E-state index is -0.142. The molecule has 7 nitrogen and oxygen atoms in total. The van der Waals surface area contributed by atoms with Crippen LogP contribution in [0.1, 0.15) is 54.4 Å². The Labute approximate surface area is 200 Å². The van der Waals surface area contributed by atoms with Crippen LogP contribution in [0.3, 0.4) is 0 Å². The minimum Gasteiger partial charge on any atom is -0.412 e. The van der Waals surface area contributed by atoms with Crippen LogP contribution in [0.5, 0.6) is 0 Å². The van der Waals surface area contributed by atoms with Gasteiger partial charge in [-0.15, -0.1) is 11.6 Å². The van der Waals surface area contributed by atoms with Crippen molar-refractivity contribution in [1.82, 2.24) is 20.9 Å². The maximum Gasteiger partial charge on any atom is 0.239 e. The number of halogens is 1. The molecule has 188 valence electrons. The Bertz CT molecular complexity index is 639. The molecule has 32 heavy (non-hydrogen) atoms. The lowest BCUT2D eigenvalue weighted by atomic mass is 9.65. The van der Waals surface area contributed by atoms with Crippen molar-refractivity contribution in [2.24, 2.45) is 23.2 Å². The van der Waals surface area contributed by atoms with Crippen LogP contribution in [-0.4, -0.2) is 66.0 Å². The second-order valence-electron chi connectivity index (χ2n) is 10.00. The van der Waals surface area contributed by atoms with Gasteiger partial charge >= 0.3 is 0 Å². The lowest BCUT2D eigenvalue weighted by Crippen LogP contribution is -2.56. The molecule has 3 rings (SSSR count). The molecule has 7 N–H and O–H groups in total. The highest BCUT2D eigenvalue weighted by Gasteiger charge is 2.42. The predicted octanol–water partition coefficient (Wildman–Crippen LogP) is 2.07. The summed E-state index contributed by atoms with van der Waals surface area (Å²) >= 11 is 6.25. The summed E-state index contributed by atoms with van der Waals surface area (Å²) in [5, 5.41) is 10.2. The molecule has 8 heteroatoms. The van der Waals surface area contributed by atoms with E-state index < -0.39 is 0 Å². The van der Waals surface area contributed by atoms with Crippen LogP contribution in [-0.2, 0) is 4.79 Å². The summed E-state index contributed by atoms with van der Waals surface area (Å²) in [4.78, 5) is 15.5. The molecular weight excluding hydrogens is 428 g/mol. The molecule has 0 saturated carbocycles. The second-order valence-corrected chi connectivity index (χ2v) is 10.6. The fourth-order valence-corrected chi connectivity index (χ4v) is 5.41. The first-order valence-corrected chi connectivity index (χ1v) is 11.7. The Morgan fingerprint density at radius 2 is 1.97 bits per heavy atom. The normalized spacial score (nSPS) is 27.8. The van der Waals surface area contributed by atoms with Crippen molar-refractivity contribution in [3.63, 3.8) is 0 Å². The molecular formula is C24H47ClN4O3. The van der Waals surface area contributed by atoms with Crippen LogP contribution in [0.25, 0.3) is 0 Å². The topological polar surface area (TPSA) is 119 Å². The quantitative estimate of drug-likeness (QED) is 0.403. The van der Waals surface area contributed by atoms with Crippen LogP contribution < -0.4 is 16.0 Å². The van der Waals surface area contributed by atoms with Crippen molar-refractivity contribution in [2.75, 3.05) is 32.8 Å². The zero-order valence-electron chi connectivity index (χ0n) is 19.5. The van der Waals surface area contributed by atoms with Crippen molar-refractivity contribution in [3.05, 3.63) is 23.9 Å². The average molecular weight is 475 g/mol. The molecule has 0 bridgehead atoms. The van der Waals surface area contributed by atoms with Crippen LogP contribution >= 0.6 is 11.6 Å². The molecule has 1 amide bonds. The standard InChI is InChI=1S/C23H39ClN4O.CH4.2H2O/c1-16(2)21(27-13-17-11-25-15-26-12-17)22(29)28-10-9-20(23(3,4)14-28)18-5-7-19(24)8-6-18;;;/h5,7,11,16,18-21,25-27H,6,8-10,12-15H2,1-4H3;1H4;2*1H2/t18?,19?,20-,21-;;;/m1.../s1. The second kappa shape index (κ2) is 13.6. The number of carbonyl (C=O) groups excluding carboxylic acids is 1. The maximum absolute atomic E-state index is 13.4. The first-order valence-electron chi connectivity index (χ1n) is 11.2. The molecule has 1 saturated heterocycles. The van der Waals surface area contributed by atoms with Crippen molar-refractivity contribution < 1.29 is 15.7 Å². The third kappa shape index (κ3) is 7.73. The number of hydrogen-bond acceptors (Lipinski definition) is 4. The number of likely N-dealkylation sites (tertiary alicyclic amines) is 1. The number of hydrogen-bond donors (Lipinski definition) is 3. The molecule has 2 aliphatic heterocycles. The molecule has 2 unspecified atom stereocenters. The Kier molecular flexibility index (Phi) is 13.1. The Hall–Kier alpha value is -1.12. The molecule has 4 atom stereocenters. The van der Waals surface area contributed by atoms with E-state index in [2.05, 4.69) is 66.9 Å². The largest absolute Gasteiger partial charge is 0.412 e. The van der Waals surface area contributed by atoms with Crippen LogP contribution in [0.15, 0.2) is 23.9 Å². The number of carbonyl (C=O) groups is 1. The van der Waals surface area contributed by atoms with Gasteiger partial charge in [-0.25, -0.2) is 0 Å². The van der Waals surface area contributed by atoms with Gasteiger partial charge in [0.2, 0.25) is 5.91 Å². The SMILES string of the molecule is C.CC(C)[C@@H](NCC1=CNCNC1)C(=O)N1CC[C@H](C2C=CC(Cl)CC2)C(C)(C)C1.O.O. The number of alkyl halides is 1. The van der Waals surface area contributed by atoms with Crippen LogP contribution in [0, 0.1) is 23.2 Å². The fraction of sp³-hybridized carbons (Fsp3) is 0.792. The zero-order valence-corrected chi connectivity index (χ0v) is 20.3. The maximum atomic E-state index is 13.4. The number of piperidine rings is 1. The molecule has 2 heterocycles. The monoisotopic (exact) mass is 474 g/mol. The predicted molar refractivity (Wildman–Crippen MR) is 135 cm³/mol. The Balaban J connectivity index is 0.00000320. The first-order chi connectivity index (χ1) is 13.8. The van der Waals surface area contributed by atoms with Gasteiger partial charge in [-0.2, -0.15) is 0 Å². The van der Waals surface area contributed by atoms with Gasteiger partial charge in [0, 0.05) is 26.2 Å². The van der Waals surface area contributed by atoms with Gasteiger partial charge in [-0.05, 0) is 54.2 Å². The number of rotatable bonds is 6. The van der Waals surface area contributed by atoms with E-state index in [1.807, 2.05) is 0 Å². The van der Waals surface area contributed by atoms with E-state index in [0.29, 0.717) is 11.8 Å². The summed E-state index contributed by atoms with van der Waals surface area (Å²) in [5.41, 5.74) is 1.37. The highest BCUT2D eigenvalue weighted by Crippen LogP contribution is 2.43. The van der Waals surface area contributed by atoms with Gasteiger partial charge in [-0.1, -0.05) is 47.3 Å². The van der Waals surface area contributed by atoms with Crippen molar-refractivity contribution in [2.45, 2.75) is 65.8 Å². The Morgan fingerprint density at radius 3 is 2.50 bits per heavy atom. The van der Waals surface area contributed by atoms with E-state index in [4.69, 9.17) is 11.6 Å². The number of allylic oxidation sites excluding steroid dienone is 2. The fourth-order valence-electron chi connectivity index (χ4n) is 5.20. The van der Waals surface area contributed by atoms with Crippen LogP contribution in [0.2, 0.25) is 0 Å². The molecule has 0 aromatic rings. The molecule has 0 spiro atoms. The lowest BCUT2D eigenvalue weighted by molar-refractivity contribution is -0.139. The third-order valence-electron chi connectivity index (χ3n) is 6.85. The van der Waals surface area contributed by atoms with Gasteiger partial charge in [-0.3, -0.25) is 10.1 Å². The third-order valence-corrected chi connectivity index (χ3v) is 7.21. The van der Waals surface area contributed by atoms with E-state index in [-0.39, 0.29) is 47.0 Å². The molecule has 1 aliphatic carbocycles. The van der Waals surface area contributed by atoms with Gasteiger partial charge < -0.3 is 26.5 Å². The number of amides is 1. The minimum absolute atomic E-state index is 0. The summed E-state index contributed by atoms with van der Waals surface area (Å²) < 4.78 is 0. The summed E-state index contributed by atoms with van der Waals surface area (Å²) in [5.74, 6) is 1.72. The highest BCUT2D eigenvalue weighted by molar-refractivity contribution is 6.21. The number of nitrogens with zero attached hydrogens (tertiary/aromatic N) is 1. The molecule has 3 aliphatic rings. The van der Waals surface area contributed by atoms with Crippen LogP contribution in [0.4, 0.5) is 0 Å². The highest BCUT2D eigenvalue weighted by atomic mass is 35.5. The van der Waals surface area contributed by atoms with Gasteiger partial charge in [0.25, 0.3) is 0 Å². The van der Waals surface area contributed by atoms with E-state index in [0.717, 1.165) is 45.7 Å². The molecule has 0 radical (unpaired) electrons. The van der Waals surface area contributed by atoms with Crippen molar-refractivity contribution in [1.29, 1.82) is 0 Å². The van der Waals surface area contributed by atoms with E-state index in [1.54, 1.807) is 0 Å². The Morgan fingerprint density at radius 1 is 1.25 bits per heavy atom. The number of nitrogens with one attached hydrogen (secondary N) is 3. The van der Waals surface area contributed by atoms with Crippen molar-refractivity contribution >= 4 is 17.5 Å². The first kappa shape index (κ1) is 30.9. The van der Waals surface area contributed by atoms with Crippen molar-refractivity contribution in [3.8, 4) is 0 Å². The molecule has 1 fully saturated rings. The van der Waals surface area contributed by atoms with E-state index in [1.165, 1.54) is 12.0 Å². The lowest BCUT2D eigenvalue weighted by Gasteiger charge is -2.48. The summed E-state index contributed by atoms with van der Waals surface area (Å²) in [6.07, 6.45) is 9.87. The van der Waals surface area contributed by atoms with E-state index >= 15 is 0 Å². The van der Waals surface area contributed by atoms with E-state index in [9.17, 15) is 4.79 Å². The zero-order chi connectivity index (χ0) is 21.0. The smallest absolute Gasteiger partial charge is 0.239 e. The average Bonchev–Trinajstić information content (AvgIpc) is 2.68. The summed E-state index contributed by atoms with van der Waals surface area (Å²) in [7, 11) is 0. The van der Waals surface area contributed by atoms with Gasteiger partial charge in [0.15, 0.2) is 0 Å². The molecule has 0 aromatic carbocycles. The van der Waals surface area contributed by atoms with Gasteiger partial charge in [0.1, 0.15) is 0 Å². The van der Waals surface area contributed by atoms with Gasteiger partial charge in [0.05, 0.1) is 18.1 Å².